The Morgan fingerprint density at radius 2 is 1.84 bits per heavy atom. The quantitative estimate of drug-likeness (QED) is 0.336. The predicted molar refractivity (Wildman–Crippen MR) is 134 cm³/mol. The van der Waals surface area contributed by atoms with Gasteiger partial charge in [-0.25, -0.2) is 4.39 Å². The number of halogens is 1. The molecule has 1 heterocycles. The zero-order valence-electron chi connectivity index (χ0n) is 21.0. The average molecular weight is 531 g/mol. The molecule has 2 aromatic rings. The second kappa shape index (κ2) is 13.4. The summed E-state index contributed by atoms with van der Waals surface area (Å²) < 4.78 is 24.2. The van der Waals surface area contributed by atoms with E-state index in [1.54, 1.807) is 25.1 Å². The Labute approximate surface area is 219 Å². The summed E-state index contributed by atoms with van der Waals surface area (Å²) >= 11 is 0. The SMILES string of the molecule is C[C@@H]1COc2ccccc2C(=O)N[C@H](C(=O)NCCOc2ccc(F)cc2)CC(=O)N[C@@H]([C@@H](C)O)C(=O)N1. The molecule has 0 radical (unpaired) electrons. The first-order valence-electron chi connectivity index (χ1n) is 12.1. The minimum atomic E-state index is -1.32. The van der Waals surface area contributed by atoms with Gasteiger partial charge in [0.1, 0.15) is 42.6 Å². The molecule has 1 aliphatic heterocycles. The number of rotatable bonds is 6. The lowest BCUT2D eigenvalue weighted by Crippen LogP contribution is -2.56. The summed E-state index contributed by atoms with van der Waals surface area (Å²) in [6.07, 6.45) is -1.74. The molecule has 0 spiro atoms. The Kier molecular flexibility index (Phi) is 9.99. The zero-order chi connectivity index (χ0) is 27.7. The van der Waals surface area contributed by atoms with Crippen LogP contribution in [0, 0.1) is 5.82 Å². The molecule has 38 heavy (non-hydrogen) atoms. The number of carbonyl (C=O) groups is 4. The van der Waals surface area contributed by atoms with Gasteiger partial charge in [0.2, 0.25) is 17.7 Å². The lowest BCUT2D eigenvalue weighted by Gasteiger charge is -2.26. The Bertz CT molecular complexity index is 1140. The van der Waals surface area contributed by atoms with E-state index in [4.69, 9.17) is 9.47 Å². The van der Waals surface area contributed by atoms with Crippen LogP contribution in [0.25, 0.3) is 0 Å². The molecule has 12 heteroatoms. The lowest BCUT2D eigenvalue weighted by molar-refractivity contribution is -0.133. The predicted octanol–water partition coefficient (Wildman–Crippen LogP) is 0.272. The first-order valence-corrected chi connectivity index (χ1v) is 12.1. The molecule has 0 aromatic heterocycles. The number of aliphatic hydroxyl groups excluding tert-OH is 1. The molecule has 0 unspecified atom stereocenters. The minimum absolute atomic E-state index is 0.00841. The fourth-order valence-corrected chi connectivity index (χ4v) is 3.63. The highest BCUT2D eigenvalue weighted by Gasteiger charge is 2.31. The highest BCUT2D eigenvalue weighted by molar-refractivity contribution is 6.01. The minimum Gasteiger partial charge on any atom is -0.492 e. The molecule has 0 aliphatic carbocycles. The molecular weight excluding hydrogens is 499 g/mol. The van der Waals surface area contributed by atoms with Crippen molar-refractivity contribution in [1.82, 2.24) is 21.3 Å². The maximum absolute atomic E-state index is 13.1. The Balaban J connectivity index is 1.75. The van der Waals surface area contributed by atoms with E-state index < -0.39 is 60.1 Å². The van der Waals surface area contributed by atoms with Crippen molar-refractivity contribution >= 4 is 23.6 Å². The topological polar surface area (TPSA) is 155 Å². The third-order valence-electron chi connectivity index (χ3n) is 5.59. The van der Waals surface area contributed by atoms with E-state index in [1.165, 1.54) is 37.3 Å². The molecular formula is C26H31FN4O7. The van der Waals surface area contributed by atoms with Crippen LogP contribution in [-0.2, 0) is 14.4 Å². The van der Waals surface area contributed by atoms with Crippen molar-refractivity contribution in [3.8, 4) is 11.5 Å². The summed E-state index contributed by atoms with van der Waals surface area (Å²) in [5.74, 6) is -2.46. The van der Waals surface area contributed by atoms with Gasteiger partial charge >= 0.3 is 0 Å². The van der Waals surface area contributed by atoms with Crippen molar-refractivity contribution in [1.29, 1.82) is 0 Å². The van der Waals surface area contributed by atoms with Crippen LogP contribution in [0.2, 0.25) is 0 Å². The fraction of sp³-hybridized carbons (Fsp3) is 0.385. The van der Waals surface area contributed by atoms with Gasteiger partial charge < -0.3 is 35.8 Å². The summed E-state index contributed by atoms with van der Waals surface area (Å²) in [6, 6.07) is 8.61. The number of para-hydroxylation sites is 1. The first-order chi connectivity index (χ1) is 18.1. The standard InChI is InChI=1S/C26H31FN4O7/c1-15-14-38-21-6-4-3-5-19(21)24(34)30-20(13-22(33)31-23(16(2)32)26(36)29-15)25(35)28-11-12-37-18-9-7-17(27)8-10-18/h3-10,15-16,20,23,32H,11-14H2,1-2H3,(H,28,35)(H,29,36)(H,30,34)(H,31,33)/t15-,16-,20+,23+/m1/s1. The molecule has 3 rings (SSSR count). The molecule has 0 saturated heterocycles. The number of aliphatic hydroxyl groups is 1. The summed E-state index contributed by atoms with van der Waals surface area (Å²) in [4.78, 5) is 51.5. The Morgan fingerprint density at radius 1 is 1.13 bits per heavy atom. The smallest absolute Gasteiger partial charge is 0.255 e. The second-order valence-electron chi connectivity index (χ2n) is 8.83. The van der Waals surface area contributed by atoms with E-state index in [2.05, 4.69) is 21.3 Å². The number of hydrogen-bond donors (Lipinski definition) is 5. The van der Waals surface area contributed by atoms with Crippen LogP contribution in [0.1, 0.15) is 30.6 Å². The lowest BCUT2D eigenvalue weighted by atomic mass is 10.1. The van der Waals surface area contributed by atoms with E-state index >= 15 is 0 Å². The zero-order valence-corrected chi connectivity index (χ0v) is 21.0. The van der Waals surface area contributed by atoms with Crippen LogP contribution in [0.15, 0.2) is 48.5 Å². The number of benzene rings is 2. The average Bonchev–Trinajstić information content (AvgIpc) is 2.88. The van der Waals surface area contributed by atoms with Crippen LogP contribution in [0.4, 0.5) is 4.39 Å². The van der Waals surface area contributed by atoms with Gasteiger partial charge in [-0.15, -0.1) is 0 Å². The number of fused-ring (bicyclic) bond motifs is 1. The maximum atomic E-state index is 13.1. The molecule has 2 aromatic carbocycles. The van der Waals surface area contributed by atoms with Gasteiger partial charge in [-0.05, 0) is 50.2 Å². The molecule has 0 saturated carbocycles. The summed E-state index contributed by atoms with van der Waals surface area (Å²) in [6.45, 7) is 3.10. The molecule has 5 N–H and O–H groups in total. The van der Waals surface area contributed by atoms with Crippen molar-refractivity contribution in [2.24, 2.45) is 0 Å². The number of nitrogens with one attached hydrogen (secondary N) is 4. The van der Waals surface area contributed by atoms with Gasteiger partial charge in [-0.1, -0.05) is 12.1 Å². The van der Waals surface area contributed by atoms with E-state index in [1.807, 2.05) is 0 Å². The Morgan fingerprint density at radius 3 is 2.55 bits per heavy atom. The van der Waals surface area contributed by atoms with Gasteiger partial charge in [0.05, 0.1) is 30.7 Å². The molecule has 4 amide bonds. The second-order valence-corrected chi connectivity index (χ2v) is 8.83. The number of hydrogen-bond acceptors (Lipinski definition) is 7. The van der Waals surface area contributed by atoms with Gasteiger partial charge in [0.25, 0.3) is 5.91 Å². The van der Waals surface area contributed by atoms with Crippen molar-refractivity contribution in [3.63, 3.8) is 0 Å². The van der Waals surface area contributed by atoms with Crippen molar-refractivity contribution in [2.75, 3.05) is 19.8 Å². The number of amides is 4. The van der Waals surface area contributed by atoms with Crippen molar-refractivity contribution < 1.29 is 38.1 Å². The summed E-state index contributed by atoms with van der Waals surface area (Å²) in [5, 5.41) is 20.3. The molecule has 4 atom stereocenters. The van der Waals surface area contributed by atoms with Gasteiger partial charge in [-0.2, -0.15) is 0 Å². The van der Waals surface area contributed by atoms with E-state index in [0.717, 1.165) is 0 Å². The maximum Gasteiger partial charge on any atom is 0.255 e. The highest BCUT2D eigenvalue weighted by Crippen LogP contribution is 2.19. The van der Waals surface area contributed by atoms with E-state index in [0.29, 0.717) is 5.75 Å². The van der Waals surface area contributed by atoms with Crippen LogP contribution < -0.4 is 30.7 Å². The van der Waals surface area contributed by atoms with Crippen molar-refractivity contribution in [3.05, 3.63) is 59.9 Å². The first kappa shape index (κ1) is 28.4. The summed E-state index contributed by atoms with van der Waals surface area (Å²) in [5.41, 5.74) is 0.141. The van der Waals surface area contributed by atoms with Gasteiger partial charge in [0.15, 0.2) is 0 Å². The Hall–Kier alpha value is -4.19. The van der Waals surface area contributed by atoms with Crippen LogP contribution in [-0.4, -0.2) is 72.7 Å². The molecule has 0 bridgehead atoms. The monoisotopic (exact) mass is 530 g/mol. The normalized spacial score (nSPS) is 21.4. The fourth-order valence-electron chi connectivity index (χ4n) is 3.63. The van der Waals surface area contributed by atoms with Crippen LogP contribution in [0.5, 0.6) is 11.5 Å². The van der Waals surface area contributed by atoms with E-state index in [-0.39, 0.29) is 31.1 Å². The third kappa shape index (κ3) is 8.17. The molecule has 0 fully saturated rings. The largest absolute Gasteiger partial charge is 0.492 e. The molecule has 1 aliphatic rings. The van der Waals surface area contributed by atoms with Crippen LogP contribution >= 0.6 is 0 Å². The van der Waals surface area contributed by atoms with Gasteiger partial charge in [0, 0.05) is 0 Å². The third-order valence-corrected chi connectivity index (χ3v) is 5.59. The number of ether oxygens (including phenoxy) is 2. The molecule has 204 valence electrons. The highest BCUT2D eigenvalue weighted by atomic mass is 19.1. The number of carbonyl (C=O) groups excluding carboxylic acids is 4. The van der Waals surface area contributed by atoms with Crippen molar-refractivity contribution in [2.45, 2.75) is 44.5 Å². The summed E-state index contributed by atoms with van der Waals surface area (Å²) in [7, 11) is 0. The molecule has 11 nitrogen and oxygen atoms in total. The van der Waals surface area contributed by atoms with Gasteiger partial charge in [-0.3, -0.25) is 19.2 Å². The van der Waals surface area contributed by atoms with Crippen LogP contribution in [0.3, 0.4) is 0 Å². The van der Waals surface area contributed by atoms with E-state index in [9.17, 15) is 28.7 Å².